The van der Waals surface area contributed by atoms with Crippen LogP contribution >= 0.6 is 0 Å². The van der Waals surface area contributed by atoms with Gasteiger partial charge in [0.1, 0.15) is 5.82 Å². The summed E-state index contributed by atoms with van der Waals surface area (Å²) in [5.41, 5.74) is 0.966. The van der Waals surface area contributed by atoms with Crippen LogP contribution in [0.15, 0.2) is 12.4 Å². The van der Waals surface area contributed by atoms with Crippen LogP contribution in [0, 0.1) is 5.41 Å². The summed E-state index contributed by atoms with van der Waals surface area (Å²) in [6, 6.07) is 0. The fraction of sp³-hybridized carbons (Fsp3) is 0.714. The minimum absolute atomic E-state index is 0.00909. The van der Waals surface area contributed by atoms with Crippen LogP contribution in [0.3, 0.4) is 0 Å². The molecule has 2 N–H and O–H groups in total. The first-order chi connectivity index (χ1) is 8.24. The van der Waals surface area contributed by atoms with E-state index in [1.165, 1.54) is 0 Å². The number of hydrogen-bond acceptors (Lipinski definition) is 4. The lowest BCUT2D eigenvalue weighted by atomic mass is 9.95. The van der Waals surface area contributed by atoms with Crippen molar-refractivity contribution in [2.45, 2.75) is 46.6 Å². The number of nitrogens with one attached hydrogen (secondary N) is 1. The molecule has 0 atom stereocenters. The molecule has 4 nitrogen and oxygen atoms in total. The van der Waals surface area contributed by atoms with Crippen molar-refractivity contribution in [2.24, 2.45) is 5.41 Å². The van der Waals surface area contributed by atoms with Crippen LogP contribution in [0.4, 0.5) is 0 Å². The molecule has 0 spiro atoms. The lowest BCUT2D eigenvalue weighted by Crippen LogP contribution is -2.32. The Labute approximate surface area is 110 Å². The summed E-state index contributed by atoms with van der Waals surface area (Å²) in [5, 5.41) is 12.5. The van der Waals surface area contributed by atoms with E-state index >= 15 is 0 Å². The second kappa shape index (κ2) is 5.76. The van der Waals surface area contributed by atoms with E-state index in [1.807, 2.05) is 26.2 Å². The SMILES string of the molecule is CC(C)(CO)CNCc1cnc(C(C)(C)C)nc1. The van der Waals surface area contributed by atoms with Gasteiger partial charge in [-0.2, -0.15) is 0 Å². The zero-order valence-electron chi connectivity index (χ0n) is 12.1. The molecule has 0 saturated carbocycles. The van der Waals surface area contributed by atoms with Crippen LogP contribution in [0.5, 0.6) is 0 Å². The minimum atomic E-state index is -0.0911. The Morgan fingerprint density at radius 3 is 2.11 bits per heavy atom. The van der Waals surface area contributed by atoms with Crippen LogP contribution in [0.2, 0.25) is 0 Å². The van der Waals surface area contributed by atoms with E-state index in [2.05, 4.69) is 36.1 Å². The summed E-state index contributed by atoms with van der Waals surface area (Å²) in [6.45, 7) is 12.0. The van der Waals surface area contributed by atoms with Crippen LogP contribution in [0.1, 0.15) is 46.0 Å². The molecule has 0 saturated heterocycles. The zero-order chi connectivity index (χ0) is 13.8. The summed E-state index contributed by atoms with van der Waals surface area (Å²) in [6.07, 6.45) is 3.74. The van der Waals surface area contributed by atoms with Crippen molar-refractivity contribution >= 4 is 0 Å². The third-order valence-electron chi connectivity index (χ3n) is 2.74. The van der Waals surface area contributed by atoms with Gasteiger partial charge in [0, 0.05) is 48.5 Å². The molecule has 0 radical (unpaired) electrons. The molecule has 1 heterocycles. The molecule has 4 heteroatoms. The van der Waals surface area contributed by atoms with Gasteiger partial charge < -0.3 is 10.4 Å². The second-order valence-corrected chi connectivity index (χ2v) is 6.59. The first-order valence-electron chi connectivity index (χ1n) is 6.37. The molecule has 0 bridgehead atoms. The third-order valence-corrected chi connectivity index (χ3v) is 2.74. The van der Waals surface area contributed by atoms with E-state index in [-0.39, 0.29) is 17.4 Å². The highest BCUT2D eigenvalue weighted by molar-refractivity contribution is 5.09. The molecule has 0 unspecified atom stereocenters. The highest BCUT2D eigenvalue weighted by Gasteiger charge is 2.17. The average molecular weight is 251 g/mol. The number of aliphatic hydroxyl groups is 1. The molecule has 1 aromatic heterocycles. The van der Waals surface area contributed by atoms with E-state index in [0.717, 1.165) is 24.5 Å². The minimum Gasteiger partial charge on any atom is -0.396 e. The van der Waals surface area contributed by atoms with Crippen molar-refractivity contribution in [1.29, 1.82) is 0 Å². The fourth-order valence-corrected chi connectivity index (χ4v) is 1.43. The van der Waals surface area contributed by atoms with Crippen molar-refractivity contribution in [3.63, 3.8) is 0 Å². The zero-order valence-corrected chi connectivity index (χ0v) is 12.1. The standard InChI is InChI=1S/C14H25N3O/c1-13(2,3)12-16-7-11(8-17-12)6-15-9-14(4,5)10-18/h7-8,15,18H,6,9-10H2,1-5H3. The second-order valence-electron chi connectivity index (χ2n) is 6.59. The predicted octanol–water partition coefficient (Wildman–Crippen LogP) is 1.88. The van der Waals surface area contributed by atoms with Crippen molar-refractivity contribution in [1.82, 2.24) is 15.3 Å². The lowest BCUT2D eigenvalue weighted by Gasteiger charge is -2.22. The molecular formula is C14H25N3O. The normalized spacial score (nSPS) is 12.8. The van der Waals surface area contributed by atoms with E-state index < -0.39 is 0 Å². The molecular weight excluding hydrogens is 226 g/mol. The lowest BCUT2D eigenvalue weighted by molar-refractivity contribution is 0.156. The van der Waals surface area contributed by atoms with Crippen molar-refractivity contribution in [3.8, 4) is 0 Å². The Kier molecular flexibility index (Phi) is 4.82. The largest absolute Gasteiger partial charge is 0.396 e. The summed E-state index contributed by atoms with van der Waals surface area (Å²) in [7, 11) is 0. The third kappa shape index (κ3) is 4.70. The fourth-order valence-electron chi connectivity index (χ4n) is 1.43. The van der Waals surface area contributed by atoms with Gasteiger partial charge in [0.2, 0.25) is 0 Å². The van der Waals surface area contributed by atoms with Crippen LogP contribution in [0.25, 0.3) is 0 Å². The van der Waals surface area contributed by atoms with Crippen LogP contribution in [-0.4, -0.2) is 28.2 Å². The Morgan fingerprint density at radius 1 is 1.11 bits per heavy atom. The molecule has 0 aliphatic rings. The van der Waals surface area contributed by atoms with Crippen molar-refractivity contribution in [3.05, 3.63) is 23.8 Å². The molecule has 0 aromatic carbocycles. The van der Waals surface area contributed by atoms with Gasteiger partial charge in [-0.3, -0.25) is 0 Å². The maximum atomic E-state index is 9.15. The number of aliphatic hydroxyl groups excluding tert-OH is 1. The molecule has 18 heavy (non-hydrogen) atoms. The monoisotopic (exact) mass is 251 g/mol. The Bertz CT molecular complexity index is 366. The van der Waals surface area contributed by atoms with Crippen LogP contribution < -0.4 is 5.32 Å². The number of rotatable bonds is 5. The maximum Gasteiger partial charge on any atom is 0.133 e. The molecule has 1 rings (SSSR count). The van der Waals surface area contributed by atoms with Crippen molar-refractivity contribution in [2.75, 3.05) is 13.2 Å². The molecule has 1 aromatic rings. The van der Waals surface area contributed by atoms with Gasteiger partial charge in [-0.25, -0.2) is 9.97 Å². The molecule has 0 fully saturated rings. The Hall–Kier alpha value is -1.00. The van der Waals surface area contributed by atoms with Crippen molar-refractivity contribution < 1.29 is 5.11 Å². The topological polar surface area (TPSA) is 58.0 Å². The molecule has 0 aliphatic heterocycles. The molecule has 0 amide bonds. The first-order valence-corrected chi connectivity index (χ1v) is 6.37. The first kappa shape index (κ1) is 15.1. The number of aromatic nitrogens is 2. The Balaban J connectivity index is 2.50. The number of hydrogen-bond donors (Lipinski definition) is 2. The highest BCUT2D eigenvalue weighted by Crippen LogP contribution is 2.17. The average Bonchev–Trinajstić information content (AvgIpc) is 2.28. The quantitative estimate of drug-likeness (QED) is 0.839. The van der Waals surface area contributed by atoms with Gasteiger partial charge in [0.05, 0.1) is 0 Å². The van der Waals surface area contributed by atoms with E-state index in [1.54, 1.807) is 0 Å². The van der Waals surface area contributed by atoms with Gasteiger partial charge in [-0.15, -0.1) is 0 Å². The van der Waals surface area contributed by atoms with Gasteiger partial charge in [0.25, 0.3) is 0 Å². The van der Waals surface area contributed by atoms with Crippen LogP contribution in [-0.2, 0) is 12.0 Å². The summed E-state index contributed by atoms with van der Waals surface area (Å²) in [5.74, 6) is 0.863. The van der Waals surface area contributed by atoms with Gasteiger partial charge in [-0.05, 0) is 0 Å². The van der Waals surface area contributed by atoms with Gasteiger partial charge in [-0.1, -0.05) is 34.6 Å². The molecule has 102 valence electrons. The summed E-state index contributed by atoms with van der Waals surface area (Å²) >= 11 is 0. The van der Waals surface area contributed by atoms with E-state index in [4.69, 9.17) is 5.11 Å². The van der Waals surface area contributed by atoms with Gasteiger partial charge >= 0.3 is 0 Å². The Morgan fingerprint density at radius 2 is 1.67 bits per heavy atom. The highest BCUT2D eigenvalue weighted by atomic mass is 16.3. The number of nitrogens with zero attached hydrogens (tertiary/aromatic N) is 2. The molecule has 0 aliphatic carbocycles. The smallest absolute Gasteiger partial charge is 0.133 e. The van der Waals surface area contributed by atoms with E-state index in [9.17, 15) is 0 Å². The van der Waals surface area contributed by atoms with E-state index in [0.29, 0.717) is 0 Å². The van der Waals surface area contributed by atoms with Gasteiger partial charge in [0.15, 0.2) is 0 Å². The predicted molar refractivity (Wildman–Crippen MR) is 73.3 cm³/mol. The summed E-state index contributed by atoms with van der Waals surface area (Å²) in [4.78, 5) is 8.77. The maximum absolute atomic E-state index is 9.15. The summed E-state index contributed by atoms with van der Waals surface area (Å²) < 4.78 is 0.